The number of anilines is 1. The summed E-state index contributed by atoms with van der Waals surface area (Å²) in [6.45, 7) is 6.99. The summed E-state index contributed by atoms with van der Waals surface area (Å²) < 4.78 is 10.7. The van der Waals surface area contributed by atoms with Gasteiger partial charge in [-0.1, -0.05) is 0 Å². The van der Waals surface area contributed by atoms with Crippen LogP contribution in [0.1, 0.15) is 24.1 Å². The molecule has 1 atom stereocenters. The number of methoxy groups -OCH3 is 1. The van der Waals surface area contributed by atoms with Gasteiger partial charge < -0.3 is 20.1 Å². The fourth-order valence-corrected chi connectivity index (χ4v) is 5.55. The van der Waals surface area contributed by atoms with E-state index < -0.39 is 0 Å². The van der Waals surface area contributed by atoms with Crippen molar-refractivity contribution in [1.29, 1.82) is 0 Å². The highest BCUT2D eigenvalue weighted by Crippen LogP contribution is 2.33. The Morgan fingerprint density at radius 2 is 2.03 bits per heavy atom. The van der Waals surface area contributed by atoms with Crippen LogP contribution in [-0.4, -0.2) is 74.0 Å². The Hall–Kier alpha value is -1.03. The second kappa shape index (κ2) is 9.85. The van der Waals surface area contributed by atoms with Crippen LogP contribution >= 0.6 is 22.9 Å². The molecule has 160 valence electrons. The molecule has 0 radical (unpaired) electrons. The zero-order valence-corrected chi connectivity index (χ0v) is 18.6. The first-order valence-corrected chi connectivity index (χ1v) is 11.6. The minimum absolute atomic E-state index is 0.245. The first-order valence-electron chi connectivity index (χ1n) is 10.4. The number of likely N-dealkylation sites (tertiary alicyclic amines) is 1. The van der Waals surface area contributed by atoms with Crippen LogP contribution < -0.4 is 10.6 Å². The number of piperidine rings is 1. The van der Waals surface area contributed by atoms with E-state index in [2.05, 4.69) is 25.8 Å². The van der Waals surface area contributed by atoms with Gasteiger partial charge in [-0.3, -0.25) is 4.90 Å². The van der Waals surface area contributed by atoms with Crippen molar-refractivity contribution in [3.8, 4) is 0 Å². The Morgan fingerprint density at radius 3 is 2.76 bits per heavy atom. The average Bonchev–Trinajstić information content (AvgIpc) is 3.14. The Morgan fingerprint density at radius 1 is 1.28 bits per heavy atom. The van der Waals surface area contributed by atoms with Gasteiger partial charge in [0, 0.05) is 44.3 Å². The highest BCUT2D eigenvalue weighted by molar-refractivity contribution is 7.18. The van der Waals surface area contributed by atoms with Crippen molar-refractivity contribution in [1.82, 2.24) is 14.9 Å². The van der Waals surface area contributed by atoms with Crippen molar-refractivity contribution in [3.63, 3.8) is 0 Å². The number of nitrogens with two attached hydrogens (primary N) is 1. The van der Waals surface area contributed by atoms with Gasteiger partial charge in [-0.15, -0.1) is 11.3 Å². The Labute approximate surface area is 181 Å². The smallest absolute Gasteiger partial charge is 0.225 e. The molecule has 2 aliphatic rings. The van der Waals surface area contributed by atoms with Crippen LogP contribution in [0.2, 0.25) is 5.28 Å². The Bertz CT molecular complexity index is 806. The minimum Gasteiger partial charge on any atom is -0.385 e. The van der Waals surface area contributed by atoms with Gasteiger partial charge in [0.25, 0.3) is 0 Å². The van der Waals surface area contributed by atoms with Gasteiger partial charge in [-0.2, -0.15) is 4.98 Å². The summed E-state index contributed by atoms with van der Waals surface area (Å²) >= 11 is 7.95. The molecule has 1 unspecified atom stereocenters. The van der Waals surface area contributed by atoms with Crippen LogP contribution in [-0.2, 0) is 16.0 Å². The van der Waals surface area contributed by atoms with Crippen molar-refractivity contribution in [3.05, 3.63) is 16.2 Å². The van der Waals surface area contributed by atoms with Crippen molar-refractivity contribution < 1.29 is 9.47 Å². The summed E-state index contributed by atoms with van der Waals surface area (Å²) in [6, 6.07) is 2.49. The highest BCUT2D eigenvalue weighted by Gasteiger charge is 2.25. The number of hydrogen-bond donors (Lipinski definition) is 1. The van der Waals surface area contributed by atoms with E-state index >= 15 is 0 Å². The SMILES string of the molecule is COCCC(N)C1CCN(Cc2cc3c(N4CCOCC4)nc(Cl)nc3s2)CC1. The molecule has 0 bridgehead atoms. The van der Waals surface area contributed by atoms with Gasteiger partial charge in [-0.25, -0.2) is 4.98 Å². The quantitative estimate of drug-likeness (QED) is 0.664. The molecule has 4 heterocycles. The molecular formula is C20H30ClN5O2S. The number of rotatable bonds is 7. The first-order chi connectivity index (χ1) is 14.1. The van der Waals surface area contributed by atoms with Crippen molar-refractivity contribution in [2.24, 2.45) is 11.7 Å². The van der Waals surface area contributed by atoms with Gasteiger partial charge in [0.15, 0.2) is 0 Å². The van der Waals surface area contributed by atoms with Gasteiger partial charge >= 0.3 is 0 Å². The number of fused-ring (bicyclic) bond motifs is 1. The molecule has 2 saturated heterocycles. The lowest BCUT2D eigenvalue weighted by Crippen LogP contribution is -2.41. The third kappa shape index (κ3) is 5.18. The molecule has 0 aromatic carbocycles. The van der Waals surface area contributed by atoms with Crippen LogP contribution in [0, 0.1) is 5.92 Å². The van der Waals surface area contributed by atoms with Gasteiger partial charge in [0.05, 0.1) is 18.6 Å². The van der Waals surface area contributed by atoms with E-state index in [1.54, 1.807) is 18.4 Å². The van der Waals surface area contributed by atoms with E-state index in [4.69, 9.17) is 26.8 Å². The average molecular weight is 440 g/mol. The summed E-state index contributed by atoms with van der Waals surface area (Å²) in [7, 11) is 1.74. The fraction of sp³-hybridized carbons (Fsp3) is 0.700. The molecular weight excluding hydrogens is 410 g/mol. The van der Waals surface area contributed by atoms with Crippen LogP contribution in [0.3, 0.4) is 0 Å². The zero-order chi connectivity index (χ0) is 20.2. The number of ether oxygens (including phenoxy) is 2. The van der Waals surface area contributed by atoms with E-state index in [0.717, 1.165) is 87.8 Å². The fourth-order valence-electron chi connectivity index (χ4n) is 4.27. The van der Waals surface area contributed by atoms with E-state index in [-0.39, 0.29) is 6.04 Å². The lowest BCUT2D eigenvalue weighted by Gasteiger charge is -2.34. The van der Waals surface area contributed by atoms with Gasteiger partial charge in [-0.05, 0) is 55.9 Å². The van der Waals surface area contributed by atoms with Crippen molar-refractivity contribution in [2.75, 3.05) is 58.0 Å². The van der Waals surface area contributed by atoms with Crippen LogP contribution in [0.4, 0.5) is 5.82 Å². The predicted molar refractivity (Wildman–Crippen MR) is 118 cm³/mol. The Balaban J connectivity index is 1.41. The topological polar surface area (TPSA) is 76.7 Å². The molecule has 2 aromatic rings. The standard InChI is InChI=1S/C20H30ClN5O2S/c1-27-9-4-17(22)14-2-5-25(6-3-14)13-15-12-16-18(26-7-10-28-11-8-26)23-20(21)24-19(16)29-15/h12,14,17H,2-11,13,22H2,1H3. The third-order valence-corrected chi connectivity index (χ3v) is 7.16. The van der Waals surface area contributed by atoms with Crippen molar-refractivity contribution in [2.45, 2.75) is 31.8 Å². The van der Waals surface area contributed by atoms with Crippen LogP contribution in [0.25, 0.3) is 10.2 Å². The van der Waals surface area contributed by atoms with Crippen molar-refractivity contribution >= 4 is 39.0 Å². The lowest BCUT2D eigenvalue weighted by atomic mass is 9.88. The summed E-state index contributed by atoms with van der Waals surface area (Å²) in [5, 5.41) is 1.42. The van der Waals surface area contributed by atoms with Crippen LogP contribution in [0.15, 0.2) is 6.07 Å². The highest BCUT2D eigenvalue weighted by atomic mass is 35.5. The largest absolute Gasteiger partial charge is 0.385 e. The lowest BCUT2D eigenvalue weighted by molar-refractivity contribution is 0.122. The maximum Gasteiger partial charge on any atom is 0.225 e. The molecule has 7 nitrogen and oxygen atoms in total. The zero-order valence-electron chi connectivity index (χ0n) is 17.0. The number of aromatic nitrogens is 2. The second-order valence-electron chi connectivity index (χ2n) is 7.91. The molecule has 2 aromatic heterocycles. The monoisotopic (exact) mass is 439 g/mol. The number of halogens is 1. The summed E-state index contributed by atoms with van der Waals surface area (Å²) in [6.07, 6.45) is 3.25. The molecule has 2 N–H and O–H groups in total. The normalized spacial score (nSPS) is 20.4. The maximum atomic E-state index is 6.35. The predicted octanol–water partition coefficient (Wildman–Crippen LogP) is 2.76. The summed E-state index contributed by atoms with van der Waals surface area (Å²) in [4.78, 5) is 16.1. The molecule has 0 spiro atoms. The summed E-state index contributed by atoms with van der Waals surface area (Å²) in [5.41, 5.74) is 6.35. The summed E-state index contributed by atoms with van der Waals surface area (Å²) in [5.74, 6) is 1.54. The van der Waals surface area contributed by atoms with Gasteiger partial charge in [0.2, 0.25) is 5.28 Å². The first kappa shape index (κ1) is 21.2. The molecule has 9 heteroatoms. The van der Waals surface area contributed by atoms with E-state index in [0.29, 0.717) is 11.2 Å². The molecule has 2 fully saturated rings. The molecule has 0 amide bonds. The van der Waals surface area contributed by atoms with E-state index in [9.17, 15) is 0 Å². The number of nitrogens with zero attached hydrogens (tertiary/aromatic N) is 4. The van der Waals surface area contributed by atoms with Crippen LogP contribution in [0.5, 0.6) is 0 Å². The Kier molecular flexibility index (Phi) is 7.21. The molecule has 0 aliphatic carbocycles. The molecule has 0 saturated carbocycles. The number of morpholine rings is 1. The molecule has 4 rings (SSSR count). The van der Waals surface area contributed by atoms with E-state index in [1.807, 2.05) is 0 Å². The molecule has 2 aliphatic heterocycles. The van der Waals surface area contributed by atoms with Gasteiger partial charge in [0.1, 0.15) is 10.6 Å². The maximum absolute atomic E-state index is 6.35. The third-order valence-electron chi connectivity index (χ3n) is 5.98. The number of thiophene rings is 1. The second-order valence-corrected chi connectivity index (χ2v) is 9.36. The molecule has 29 heavy (non-hydrogen) atoms. The number of hydrogen-bond acceptors (Lipinski definition) is 8. The van der Waals surface area contributed by atoms with E-state index in [1.165, 1.54) is 4.88 Å². The minimum atomic E-state index is 0.245.